The number of anilines is 1. The topological polar surface area (TPSA) is 67.2 Å². The number of aromatic nitrogens is 1. The molecule has 138 valence electrons. The van der Waals surface area contributed by atoms with Crippen LogP contribution in [0.3, 0.4) is 0 Å². The molecule has 2 aliphatic heterocycles. The first-order valence-corrected chi connectivity index (χ1v) is 9.26. The van der Waals surface area contributed by atoms with Crippen LogP contribution in [0, 0.1) is 0 Å². The lowest BCUT2D eigenvalue weighted by molar-refractivity contribution is 0.188. The Kier molecular flexibility index (Phi) is 6.09. The summed E-state index contributed by atoms with van der Waals surface area (Å²) in [4.78, 5) is 16.3. The van der Waals surface area contributed by atoms with E-state index >= 15 is 0 Å². The van der Waals surface area contributed by atoms with E-state index in [1.807, 2.05) is 12.3 Å². The fraction of sp³-hybridized carbons (Fsp3) is 0.667. The van der Waals surface area contributed by atoms with E-state index in [9.17, 15) is 5.11 Å². The van der Waals surface area contributed by atoms with E-state index in [0.29, 0.717) is 13.1 Å². The molecular formula is C18H30N6O. The quantitative estimate of drug-likeness (QED) is 0.606. The van der Waals surface area contributed by atoms with E-state index in [1.54, 1.807) is 0 Å². The number of piperazine rings is 1. The van der Waals surface area contributed by atoms with Crippen LogP contribution in [0.2, 0.25) is 0 Å². The molecular weight excluding hydrogens is 316 g/mol. The zero-order chi connectivity index (χ0) is 17.6. The van der Waals surface area contributed by atoms with Crippen molar-refractivity contribution in [1.29, 1.82) is 0 Å². The second-order valence-corrected chi connectivity index (χ2v) is 6.84. The van der Waals surface area contributed by atoms with E-state index in [-0.39, 0.29) is 6.10 Å². The summed E-state index contributed by atoms with van der Waals surface area (Å²) in [6.07, 6.45) is 2.43. The number of rotatable bonds is 4. The number of nitrogens with one attached hydrogen (secondary N) is 1. The molecule has 0 saturated carbocycles. The molecule has 2 N–H and O–H groups in total. The van der Waals surface area contributed by atoms with Gasteiger partial charge >= 0.3 is 0 Å². The first kappa shape index (κ1) is 17.9. The van der Waals surface area contributed by atoms with Gasteiger partial charge in [-0.25, -0.2) is 9.98 Å². The van der Waals surface area contributed by atoms with E-state index in [2.05, 4.69) is 45.0 Å². The SMILES string of the molecule is CCNC(=NCc1cccnc1N1CCN(C)CC1)N1CC[C@@H](O)C1. The number of likely N-dealkylation sites (tertiary alicyclic amines) is 1. The molecule has 25 heavy (non-hydrogen) atoms. The van der Waals surface area contributed by atoms with Crippen LogP contribution in [0.15, 0.2) is 23.3 Å². The zero-order valence-corrected chi connectivity index (χ0v) is 15.4. The van der Waals surface area contributed by atoms with Gasteiger partial charge in [-0.1, -0.05) is 6.07 Å². The van der Waals surface area contributed by atoms with Gasteiger partial charge in [0.15, 0.2) is 5.96 Å². The first-order chi connectivity index (χ1) is 12.2. The Bertz CT molecular complexity index is 585. The number of guanidine groups is 1. The predicted octanol–water partition coefficient (Wildman–Crippen LogP) is 0.366. The van der Waals surface area contributed by atoms with Crippen LogP contribution >= 0.6 is 0 Å². The molecule has 0 spiro atoms. The molecule has 0 radical (unpaired) electrons. The number of hydrogen-bond acceptors (Lipinski definition) is 5. The number of aliphatic hydroxyl groups is 1. The standard InChI is InChI=1S/C18H30N6O/c1-3-19-18(24-8-6-16(25)14-24)21-13-15-5-4-7-20-17(15)23-11-9-22(2)10-12-23/h4-5,7,16,25H,3,6,8-14H2,1-2H3,(H,19,21)/t16-/m1/s1. The minimum absolute atomic E-state index is 0.247. The normalized spacial score (nSPS) is 22.5. The molecule has 3 heterocycles. The summed E-state index contributed by atoms with van der Waals surface area (Å²) >= 11 is 0. The fourth-order valence-corrected chi connectivity index (χ4v) is 3.38. The molecule has 2 aliphatic rings. The second kappa shape index (κ2) is 8.49. The van der Waals surface area contributed by atoms with Crippen LogP contribution in [-0.4, -0.2) is 84.8 Å². The van der Waals surface area contributed by atoms with Crippen molar-refractivity contribution < 1.29 is 5.11 Å². The molecule has 1 atom stereocenters. The smallest absolute Gasteiger partial charge is 0.194 e. The zero-order valence-electron chi connectivity index (χ0n) is 15.4. The molecule has 1 aromatic rings. The predicted molar refractivity (Wildman–Crippen MR) is 101 cm³/mol. The molecule has 0 aliphatic carbocycles. The minimum atomic E-state index is -0.247. The van der Waals surface area contributed by atoms with Gasteiger partial charge in [0.05, 0.1) is 12.6 Å². The monoisotopic (exact) mass is 346 g/mol. The lowest BCUT2D eigenvalue weighted by Gasteiger charge is -2.34. The summed E-state index contributed by atoms with van der Waals surface area (Å²) < 4.78 is 0. The van der Waals surface area contributed by atoms with Gasteiger partial charge in [-0.2, -0.15) is 0 Å². The molecule has 0 unspecified atom stereocenters. The maximum atomic E-state index is 9.79. The average molecular weight is 346 g/mol. The molecule has 7 nitrogen and oxygen atoms in total. The van der Waals surface area contributed by atoms with E-state index < -0.39 is 0 Å². The Morgan fingerprint density at radius 3 is 2.80 bits per heavy atom. The summed E-state index contributed by atoms with van der Waals surface area (Å²) in [5, 5.41) is 13.1. The average Bonchev–Trinajstić information content (AvgIpc) is 3.06. The maximum absolute atomic E-state index is 9.79. The number of β-amino-alcohol motifs (C(OH)–C–C–N with tert-alkyl or cyclic N) is 1. The highest BCUT2D eigenvalue weighted by molar-refractivity contribution is 5.80. The molecule has 2 fully saturated rings. The lowest BCUT2D eigenvalue weighted by Crippen LogP contribution is -2.45. The molecule has 0 amide bonds. The summed E-state index contributed by atoms with van der Waals surface area (Å²) in [5.74, 6) is 1.93. The van der Waals surface area contributed by atoms with Crippen LogP contribution in [-0.2, 0) is 6.54 Å². The highest BCUT2D eigenvalue weighted by Crippen LogP contribution is 2.20. The van der Waals surface area contributed by atoms with Crippen LogP contribution in [0.1, 0.15) is 18.9 Å². The number of likely N-dealkylation sites (N-methyl/N-ethyl adjacent to an activating group) is 1. The third kappa shape index (κ3) is 4.61. The third-order valence-corrected chi connectivity index (χ3v) is 4.87. The molecule has 3 rings (SSSR count). The maximum Gasteiger partial charge on any atom is 0.194 e. The van der Waals surface area contributed by atoms with Crippen molar-refractivity contribution in [2.24, 2.45) is 4.99 Å². The van der Waals surface area contributed by atoms with Gasteiger partial charge < -0.3 is 25.1 Å². The molecule has 1 aromatic heterocycles. The van der Waals surface area contributed by atoms with Gasteiger partial charge in [-0.3, -0.25) is 0 Å². The minimum Gasteiger partial charge on any atom is -0.391 e. The van der Waals surface area contributed by atoms with Gasteiger partial charge in [-0.15, -0.1) is 0 Å². The van der Waals surface area contributed by atoms with E-state index in [0.717, 1.165) is 63.0 Å². The summed E-state index contributed by atoms with van der Waals surface area (Å²) in [6, 6.07) is 4.10. The van der Waals surface area contributed by atoms with Crippen molar-refractivity contribution in [3.63, 3.8) is 0 Å². The van der Waals surface area contributed by atoms with Crippen molar-refractivity contribution in [1.82, 2.24) is 20.1 Å². The number of nitrogens with zero attached hydrogens (tertiary/aromatic N) is 5. The number of pyridine rings is 1. The highest BCUT2D eigenvalue weighted by atomic mass is 16.3. The lowest BCUT2D eigenvalue weighted by atomic mass is 10.2. The molecule has 2 saturated heterocycles. The Labute approximate surface area is 150 Å². The second-order valence-electron chi connectivity index (χ2n) is 6.84. The van der Waals surface area contributed by atoms with Gasteiger partial charge in [0.25, 0.3) is 0 Å². The largest absolute Gasteiger partial charge is 0.391 e. The van der Waals surface area contributed by atoms with Gasteiger partial charge in [-0.05, 0) is 26.5 Å². The highest BCUT2D eigenvalue weighted by Gasteiger charge is 2.23. The van der Waals surface area contributed by atoms with Gasteiger partial charge in [0.1, 0.15) is 5.82 Å². The number of hydrogen-bond donors (Lipinski definition) is 2. The summed E-state index contributed by atoms with van der Waals surface area (Å²) in [5.41, 5.74) is 1.15. The van der Waals surface area contributed by atoms with Crippen molar-refractivity contribution in [2.75, 3.05) is 57.8 Å². The van der Waals surface area contributed by atoms with Crippen molar-refractivity contribution >= 4 is 11.8 Å². The van der Waals surface area contributed by atoms with Crippen molar-refractivity contribution in [2.45, 2.75) is 26.0 Å². The fourth-order valence-electron chi connectivity index (χ4n) is 3.38. The summed E-state index contributed by atoms with van der Waals surface area (Å²) in [6.45, 7) is 9.14. The van der Waals surface area contributed by atoms with E-state index in [4.69, 9.17) is 4.99 Å². The van der Waals surface area contributed by atoms with E-state index in [1.165, 1.54) is 0 Å². The third-order valence-electron chi connectivity index (χ3n) is 4.87. The number of aliphatic hydroxyl groups excluding tert-OH is 1. The van der Waals surface area contributed by atoms with Crippen LogP contribution < -0.4 is 10.2 Å². The molecule has 0 bridgehead atoms. The number of aliphatic imine (C=N–C) groups is 1. The van der Waals surface area contributed by atoms with Crippen molar-refractivity contribution in [3.8, 4) is 0 Å². The van der Waals surface area contributed by atoms with Crippen LogP contribution in [0.25, 0.3) is 0 Å². The molecule has 0 aromatic carbocycles. The van der Waals surface area contributed by atoms with Gasteiger partial charge in [0.2, 0.25) is 0 Å². The van der Waals surface area contributed by atoms with Crippen molar-refractivity contribution in [3.05, 3.63) is 23.9 Å². The molecule has 7 heteroatoms. The Morgan fingerprint density at radius 1 is 1.32 bits per heavy atom. The Morgan fingerprint density at radius 2 is 2.12 bits per heavy atom. The summed E-state index contributed by atoms with van der Waals surface area (Å²) in [7, 11) is 2.16. The van der Waals surface area contributed by atoms with Crippen LogP contribution in [0.5, 0.6) is 0 Å². The Hall–Kier alpha value is -1.86. The first-order valence-electron chi connectivity index (χ1n) is 9.26. The van der Waals surface area contributed by atoms with Gasteiger partial charge in [0, 0.05) is 57.6 Å². The Balaban J connectivity index is 1.73. The van der Waals surface area contributed by atoms with Crippen LogP contribution in [0.4, 0.5) is 5.82 Å².